The Morgan fingerprint density at radius 3 is 1.67 bits per heavy atom. The van der Waals surface area contributed by atoms with Crippen molar-refractivity contribution in [3.63, 3.8) is 0 Å². The van der Waals surface area contributed by atoms with Crippen molar-refractivity contribution < 1.29 is 23.9 Å². The average Bonchev–Trinajstić information content (AvgIpc) is 3.60. The monoisotopic (exact) mass is 679 g/mol. The Labute approximate surface area is 294 Å². The molecule has 12 nitrogen and oxygen atoms in total. The predicted molar refractivity (Wildman–Crippen MR) is 196 cm³/mol. The van der Waals surface area contributed by atoms with Crippen molar-refractivity contribution in [1.82, 2.24) is 4.57 Å². The van der Waals surface area contributed by atoms with Gasteiger partial charge in [0, 0.05) is 57.9 Å². The van der Waals surface area contributed by atoms with Crippen molar-refractivity contribution in [3.05, 3.63) is 128 Å². The minimum atomic E-state index is 0.158. The Morgan fingerprint density at radius 2 is 1.10 bits per heavy atom. The smallest absolute Gasteiger partial charge is 0.350 e. The molecule has 0 aliphatic carbocycles. The largest absolute Gasteiger partial charge is 0.508 e. The average molecular weight is 680 g/mol. The molecule has 4 aromatic carbocycles. The van der Waals surface area contributed by atoms with E-state index in [4.69, 9.17) is 11.5 Å². The summed E-state index contributed by atoms with van der Waals surface area (Å²) in [6, 6.07) is 29.2. The van der Waals surface area contributed by atoms with Crippen LogP contribution in [0.3, 0.4) is 0 Å². The number of rotatable bonds is 12. The number of phenols is 2. The molecule has 6 N–H and O–H groups in total. The Morgan fingerprint density at radius 1 is 0.549 bits per heavy atom. The standard InChI is InChI=1S/C39H36N10O2/c40-34-13-15-36(30-11-9-28(50)25-32(30)34)42-44-38-7-1-3-19-48(38)21-5-17-46-23-24-47(27-46)18-6-22-49-20-4-2-8-39(49)45-43-37-16-14-35(41)33-26-29(51)10-12-31(33)37/h1-4,7-16,19-20,23-27,40-41H,5-6,17-18,21-22H2,(H-,42,43,50,51)/p+3. The van der Waals surface area contributed by atoms with Gasteiger partial charge >= 0.3 is 11.6 Å². The fourth-order valence-corrected chi connectivity index (χ4v) is 6.11. The molecule has 0 unspecified atom stereocenters. The first-order valence-corrected chi connectivity index (χ1v) is 16.8. The van der Waals surface area contributed by atoms with Crippen LogP contribution in [0.2, 0.25) is 0 Å². The second-order valence-electron chi connectivity index (χ2n) is 12.3. The molecule has 0 radical (unpaired) electrons. The van der Waals surface area contributed by atoms with E-state index in [0.29, 0.717) is 22.7 Å². The van der Waals surface area contributed by atoms with E-state index >= 15 is 0 Å². The molecule has 51 heavy (non-hydrogen) atoms. The summed E-state index contributed by atoms with van der Waals surface area (Å²) in [6.07, 6.45) is 12.2. The van der Waals surface area contributed by atoms with Gasteiger partial charge in [-0.25, -0.2) is 18.3 Å². The van der Waals surface area contributed by atoms with Crippen LogP contribution in [0.25, 0.3) is 21.5 Å². The second kappa shape index (κ2) is 14.8. The van der Waals surface area contributed by atoms with E-state index < -0.39 is 0 Å². The summed E-state index contributed by atoms with van der Waals surface area (Å²) in [5.41, 5.74) is 14.8. The normalized spacial score (nSPS) is 11.8. The van der Waals surface area contributed by atoms with Gasteiger partial charge < -0.3 is 21.7 Å². The van der Waals surface area contributed by atoms with Crippen molar-refractivity contribution in [2.24, 2.45) is 20.5 Å². The SMILES string of the molecule is Nc1ccc(/N=N/c2cccc[n+]2CCCn2cc[n+](CCC[n+]3ccccc3/N=N/c3ccc(N)c4cc(O)ccc34)c2)c2ccc(O)cc12. The van der Waals surface area contributed by atoms with Crippen LogP contribution in [0.4, 0.5) is 34.4 Å². The summed E-state index contributed by atoms with van der Waals surface area (Å²) in [4.78, 5) is 0. The van der Waals surface area contributed by atoms with E-state index in [2.05, 4.69) is 57.4 Å². The summed E-state index contributed by atoms with van der Waals surface area (Å²) >= 11 is 0. The van der Waals surface area contributed by atoms with Gasteiger partial charge in [0.15, 0.2) is 0 Å². The molecule has 0 saturated heterocycles. The highest BCUT2D eigenvalue weighted by Crippen LogP contribution is 2.34. The highest BCUT2D eigenvalue weighted by atomic mass is 16.3. The van der Waals surface area contributed by atoms with E-state index in [1.54, 1.807) is 36.4 Å². The van der Waals surface area contributed by atoms with Crippen LogP contribution in [-0.2, 0) is 26.2 Å². The third-order valence-electron chi connectivity index (χ3n) is 8.75. The molecule has 0 bridgehead atoms. The number of azo groups is 2. The van der Waals surface area contributed by atoms with Crippen molar-refractivity contribution in [2.75, 3.05) is 11.5 Å². The summed E-state index contributed by atoms with van der Waals surface area (Å²) in [5, 5.41) is 41.2. The van der Waals surface area contributed by atoms with E-state index in [-0.39, 0.29) is 11.5 Å². The molecule has 7 rings (SSSR count). The lowest BCUT2D eigenvalue weighted by molar-refractivity contribution is -0.721. The molecule has 0 fully saturated rings. The van der Waals surface area contributed by atoms with Crippen LogP contribution in [0, 0.1) is 0 Å². The minimum Gasteiger partial charge on any atom is -0.508 e. The maximum absolute atomic E-state index is 9.90. The van der Waals surface area contributed by atoms with E-state index in [9.17, 15) is 10.2 Å². The lowest BCUT2D eigenvalue weighted by atomic mass is 10.1. The number of aryl methyl sites for hydroxylation is 4. The van der Waals surface area contributed by atoms with E-state index in [1.165, 1.54) is 0 Å². The summed E-state index contributed by atoms with van der Waals surface area (Å²) in [6.45, 7) is 3.27. The molecule has 0 atom stereocenters. The number of pyridine rings is 2. The lowest BCUT2D eigenvalue weighted by Crippen LogP contribution is -2.38. The maximum atomic E-state index is 9.90. The van der Waals surface area contributed by atoms with Gasteiger partial charge in [0.25, 0.3) is 0 Å². The molecule has 3 heterocycles. The number of anilines is 2. The number of hydrogen-bond donors (Lipinski definition) is 4. The van der Waals surface area contributed by atoms with Gasteiger partial charge in [-0.3, -0.25) is 0 Å². The number of phenolic OH excluding ortho intramolecular Hbond substituents is 2. The van der Waals surface area contributed by atoms with E-state index in [1.807, 2.05) is 73.1 Å². The number of nitrogen functional groups attached to an aromatic ring is 2. The lowest BCUT2D eigenvalue weighted by Gasteiger charge is -2.04. The van der Waals surface area contributed by atoms with Crippen LogP contribution in [-0.4, -0.2) is 14.8 Å². The first-order chi connectivity index (χ1) is 24.9. The number of nitrogens with zero attached hydrogens (tertiary/aromatic N) is 8. The Kier molecular flexibility index (Phi) is 9.55. The van der Waals surface area contributed by atoms with E-state index in [0.717, 1.165) is 72.2 Å². The van der Waals surface area contributed by atoms with Gasteiger partial charge in [0.05, 0.1) is 48.8 Å². The number of aromatic nitrogens is 4. The van der Waals surface area contributed by atoms with Gasteiger partial charge in [0.1, 0.15) is 35.3 Å². The first kappa shape index (κ1) is 32.8. The van der Waals surface area contributed by atoms with Crippen molar-refractivity contribution in [2.45, 2.75) is 39.0 Å². The Hall–Kier alpha value is -6.69. The third kappa shape index (κ3) is 7.65. The zero-order chi connectivity index (χ0) is 35.2. The zero-order valence-corrected chi connectivity index (χ0v) is 28.0. The van der Waals surface area contributed by atoms with Crippen LogP contribution >= 0.6 is 0 Å². The van der Waals surface area contributed by atoms with Gasteiger partial charge in [-0.1, -0.05) is 12.1 Å². The summed E-state index contributed by atoms with van der Waals surface area (Å²) in [5.74, 6) is 1.82. The topological polar surface area (TPSA) is 159 Å². The number of imidazole rings is 1. The summed E-state index contributed by atoms with van der Waals surface area (Å²) in [7, 11) is 0. The van der Waals surface area contributed by atoms with Gasteiger partial charge in [0.2, 0.25) is 6.33 Å². The zero-order valence-electron chi connectivity index (χ0n) is 28.0. The van der Waals surface area contributed by atoms with Crippen molar-refractivity contribution in [1.29, 1.82) is 0 Å². The molecular weight excluding hydrogens is 640 g/mol. The molecule has 0 aliphatic rings. The highest BCUT2D eigenvalue weighted by molar-refractivity contribution is 6.01. The van der Waals surface area contributed by atoms with Gasteiger partial charge in [-0.05, 0) is 83.0 Å². The molecule has 7 aromatic rings. The molecule has 0 amide bonds. The van der Waals surface area contributed by atoms with Crippen LogP contribution in [0.5, 0.6) is 11.5 Å². The van der Waals surface area contributed by atoms with Crippen LogP contribution in [0.1, 0.15) is 12.8 Å². The van der Waals surface area contributed by atoms with Crippen LogP contribution in [0.15, 0.2) is 149 Å². The van der Waals surface area contributed by atoms with Gasteiger partial charge in [-0.15, -0.1) is 0 Å². The Balaban J connectivity index is 0.937. The molecule has 254 valence electrons. The minimum absolute atomic E-state index is 0.158. The summed E-state index contributed by atoms with van der Waals surface area (Å²) < 4.78 is 8.59. The predicted octanol–water partition coefficient (Wildman–Crippen LogP) is 7.24. The molecule has 3 aromatic heterocycles. The molecular formula is C39H39N10O2+3. The number of aromatic hydroxyl groups is 2. The fraction of sp³-hybridized carbons (Fsp3) is 0.154. The first-order valence-electron chi connectivity index (χ1n) is 16.8. The van der Waals surface area contributed by atoms with Crippen molar-refractivity contribution >= 4 is 55.9 Å². The quantitative estimate of drug-likeness (QED) is 0.0609. The Bertz CT molecular complexity index is 2240. The molecule has 0 saturated carbocycles. The van der Waals surface area contributed by atoms with Crippen molar-refractivity contribution in [3.8, 4) is 11.5 Å². The number of hydrogen-bond acceptors (Lipinski definition) is 8. The second-order valence-corrected chi connectivity index (χ2v) is 12.3. The number of benzene rings is 4. The molecule has 12 heteroatoms. The maximum Gasteiger partial charge on any atom is 0.350 e. The molecule has 0 aliphatic heterocycles. The van der Waals surface area contributed by atoms with Crippen LogP contribution < -0.4 is 25.2 Å². The highest BCUT2D eigenvalue weighted by Gasteiger charge is 2.14. The molecule has 0 spiro atoms. The fourth-order valence-electron chi connectivity index (χ4n) is 6.11. The number of fused-ring (bicyclic) bond motifs is 2. The third-order valence-corrected chi connectivity index (χ3v) is 8.75. The van der Waals surface area contributed by atoms with Gasteiger partial charge in [-0.2, -0.15) is 0 Å². The number of nitrogens with two attached hydrogens (primary N) is 2.